The molecule has 0 aliphatic carbocycles. The normalized spacial score (nSPS) is 11.5. The van der Waals surface area contributed by atoms with Gasteiger partial charge in [0.2, 0.25) is 5.88 Å². The summed E-state index contributed by atoms with van der Waals surface area (Å²) < 4.78 is 57.4. The van der Waals surface area contributed by atoms with Gasteiger partial charge in [-0.25, -0.2) is 22.2 Å². The molecule has 2 heterocycles. The fraction of sp³-hybridized carbons (Fsp3) is 0.200. The number of halogens is 2. The van der Waals surface area contributed by atoms with Crippen LogP contribution in [0.2, 0.25) is 0 Å². The lowest BCUT2D eigenvalue weighted by molar-refractivity contribution is 0.424. The standard InChI is InChI=1S/C20H18F2N2O4S/c1-12-6-14(10-24(2)20(12)25)17-7-13(11-29(3,26)27)8-19(23-17)28-18-5-4-15(21)9-16(18)22/h4-10H,11H2,1-3H3. The van der Waals surface area contributed by atoms with Crippen molar-refractivity contribution in [3.05, 3.63) is 75.7 Å². The number of hydrogen-bond donors (Lipinski definition) is 0. The van der Waals surface area contributed by atoms with Crippen LogP contribution in [0, 0.1) is 18.6 Å². The minimum Gasteiger partial charge on any atom is -0.436 e. The Bertz CT molecular complexity index is 1230. The average molecular weight is 420 g/mol. The van der Waals surface area contributed by atoms with Crippen molar-refractivity contribution in [3.8, 4) is 22.9 Å². The van der Waals surface area contributed by atoms with Gasteiger partial charge in [0, 0.05) is 42.8 Å². The monoisotopic (exact) mass is 420 g/mol. The highest BCUT2D eigenvalue weighted by atomic mass is 32.2. The van der Waals surface area contributed by atoms with Crippen LogP contribution in [0.4, 0.5) is 8.78 Å². The number of hydrogen-bond acceptors (Lipinski definition) is 5. The zero-order valence-corrected chi connectivity index (χ0v) is 16.8. The van der Waals surface area contributed by atoms with Gasteiger partial charge >= 0.3 is 0 Å². The summed E-state index contributed by atoms with van der Waals surface area (Å²) in [5.41, 5.74) is 1.59. The molecule has 0 unspecified atom stereocenters. The zero-order valence-electron chi connectivity index (χ0n) is 15.9. The van der Waals surface area contributed by atoms with E-state index in [1.165, 1.54) is 10.6 Å². The molecule has 1 aromatic carbocycles. The van der Waals surface area contributed by atoms with Gasteiger partial charge in [0.1, 0.15) is 5.82 Å². The molecule has 0 N–H and O–H groups in total. The number of benzene rings is 1. The minimum atomic E-state index is -3.36. The fourth-order valence-corrected chi connectivity index (χ4v) is 3.61. The predicted molar refractivity (Wildman–Crippen MR) is 105 cm³/mol. The van der Waals surface area contributed by atoms with E-state index in [0.29, 0.717) is 28.5 Å². The van der Waals surface area contributed by atoms with Gasteiger partial charge in [0.25, 0.3) is 5.56 Å². The van der Waals surface area contributed by atoms with Crippen LogP contribution in [0.3, 0.4) is 0 Å². The maximum atomic E-state index is 14.0. The molecule has 0 amide bonds. The van der Waals surface area contributed by atoms with Crippen molar-refractivity contribution >= 4 is 9.84 Å². The molecule has 0 bridgehead atoms. The number of sulfone groups is 1. The Morgan fingerprint density at radius 3 is 2.48 bits per heavy atom. The maximum absolute atomic E-state index is 14.0. The molecule has 9 heteroatoms. The molecule has 2 aromatic heterocycles. The van der Waals surface area contributed by atoms with Gasteiger partial charge in [-0.15, -0.1) is 0 Å². The number of ether oxygens (including phenoxy) is 1. The molecule has 0 spiro atoms. The van der Waals surface area contributed by atoms with Crippen LogP contribution < -0.4 is 10.3 Å². The van der Waals surface area contributed by atoms with Gasteiger partial charge in [0.15, 0.2) is 21.4 Å². The second-order valence-corrected chi connectivity index (χ2v) is 8.91. The molecule has 0 radical (unpaired) electrons. The third-order valence-electron chi connectivity index (χ3n) is 4.06. The molecular weight excluding hydrogens is 402 g/mol. The van der Waals surface area contributed by atoms with E-state index < -0.39 is 21.5 Å². The van der Waals surface area contributed by atoms with E-state index in [1.807, 2.05) is 0 Å². The molecule has 6 nitrogen and oxygen atoms in total. The molecule has 29 heavy (non-hydrogen) atoms. The second-order valence-electron chi connectivity index (χ2n) is 6.77. The molecule has 0 saturated carbocycles. The fourth-order valence-electron chi connectivity index (χ4n) is 2.83. The lowest BCUT2D eigenvalue weighted by Crippen LogP contribution is -2.18. The minimum absolute atomic E-state index is 0.0573. The lowest BCUT2D eigenvalue weighted by Gasteiger charge is -2.12. The Balaban J connectivity index is 2.12. The van der Waals surface area contributed by atoms with Crippen molar-refractivity contribution in [1.82, 2.24) is 9.55 Å². The quantitative estimate of drug-likeness (QED) is 0.632. The second kappa shape index (κ2) is 7.75. The topological polar surface area (TPSA) is 78.3 Å². The molecule has 3 aromatic rings. The first kappa shape index (κ1) is 20.7. The summed E-state index contributed by atoms with van der Waals surface area (Å²) in [6.45, 7) is 1.65. The summed E-state index contributed by atoms with van der Waals surface area (Å²) in [6.07, 6.45) is 2.65. The van der Waals surface area contributed by atoms with Crippen LogP contribution in [-0.2, 0) is 22.6 Å². The number of aryl methyl sites for hydroxylation is 2. The van der Waals surface area contributed by atoms with Gasteiger partial charge in [-0.05, 0) is 36.8 Å². The smallest absolute Gasteiger partial charge is 0.253 e. The Labute approximate surface area is 166 Å². The zero-order chi connectivity index (χ0) is 21.3. The highest BCUT2D eigenvalue weighted by molar-refractivity contribution is 7.89. The van der Waals surface area contributed by atoms with E-state index in [9.17, 15) is 22.0 Å². The molecule has 152 valence electrons. The maximum Gasteiger partial charge on any atom is 0.253 e. The van der Waals surface area contributed by atoms with Gasteiger partial charge in [-0.3, -0.25) is 4.79 Å². The predicted octanol–water partition coefficient (Wildman–Crippen LogP) is 3.37. The average Bonchev–Trinajstić information content (AvgIpc) is 2.60. The van der Waals surface area contributed by atoms with Crippen LogP contribution in [-0.4, -0.2) is 24.2 Å². The molecule has 0 aliphatic rings. The molecule has 0 aliphatic heterocycles. The van der Waals surface area contributed by atoms with Gasteiger partial charge in [0.05, 0.1) is 11.4 Å². The third kappa shape index (κ3) is 5.05. The first-order chi connectivity index (χ1) is 13.5. The van der Waals surface area contributed by atoms with Crippen LogP contribution in [0.15, 0.2) is 47.4 Å². The Morgan fingerprint density at radius 2 is 1.86 bits per heavy atom. The summed E-state index contributed by atoms with van der Waals surface area (Å²) >= 11 is 0. The van der Waals surface area contributed by atoms with Crippen molar-refractivity contribution in [2.75, 3.05) is 6.26 Å². The number of rotatable bonds is 5. The van der Waals surface area contributed by atoms with Gasteiger partial charge in [-0.2, -0.15) is 0 Å². The van der Waals surface area contributed by atoms with E-state index in [1.54, 1.807) is 32.3 Å². The molecule has 0 fully saturated rings. The van der Waals surface area contributed by atoms with Crippen molar-refractivity contribution in [1.29, 1.82) is 0 Å². The first-order valence-electron chi connectivity index (χ1n) is 8.51. The summed E-state index contributed by atoms with van der Waals surface area (Å²) in [6, 6.07) is 7.39. The van der Waals surface area contributed by atoms with Gasteiger partial charge in [-0.1, -0.05) is 0 Å². The third-order valence-corrected chi connectivity index (χ3v) is 4.91. The van der Waals surface area contributed by atoms with E-state index in [2.05, 4.69) is 4.98 Å². The Hall–Kier alpha value is -3.07. The van der Waals surface area contributed by atoms with E-state index >= 15 is 0 Å². The van der Waals surface area contributed by atoms with Crippen LogP contribution in [0.25, 0.3) is 11.3 Å². The number of aromatic nitrogens is 2. The van der Waals surface area contributed by atoms with Crippen molar-refractivity contribution in [2.45, 2.75) is 12.7 Å². The number of nitrogens with zero attached hydrogens (tertiary/aromatic N) is 2. The van der Waals surface area contributed by atoms with Crippen molar-refractivity contribution in [2.24, 2.45) is 7.05 Å². The Morgan fingerprint density at radius 1 is 1.14 bits per heavy atom. The van der Waals surface area contributed by atoms with Crippen LogP contribution >= 0.6 is 0 Å². The summed E-state index contributed by atoms with van der Waals surface area (Å²) in [7, 11) is -1.78. The molecule has 3 rings (SSSR count). The van der Waals surface area contributed by atoms with Crippen molar-refractivity contribution in [3.63, 3.8) is 0 Å². The number of pyridine rings is 2. The Kier molecular flexibility index (Phi) is 5.52. The van der Waals surface area contributed by atoms with Crippen LogP contribution in [0.5, 0.6) is 11.6 Å². The highest BCUT2D eigenvalue weighted by Gasteiger charge is 2.14. The summed E-state index contributed by atoms with van der Waals surface area (Å²) in [5, 5.41) is 0. The molecular formula is C20H18F2N2O4S. The van der Waals surface area contributed by atoms with Crippen LogP contribution in [0.1, 0.15) is 11.1 Å². The molecule has 0 atom stereocenters. The van der Waals surface area contributed by atoms with E-state index in [0.717, 1.165) is 18.4 Å². The largest absolute Gasteiger partial charge is 0.436 e. The highest BCUT2D eigenvalue weighted by Crippen LogP contribution is 2.28. The van der Waals surface area contributed by atoms with Crippen molar-refractivity contribution < 1.29 is 21.9 Å². The first-order valence-corrected chi connectivity index (χ1v) is 10.6. The summed E-state index contributed by atoms with van der Waals surface area (Å²) in [4.78, 5) is 16.3. The lowest BCUT2D eigenvalue weighted by atomic mass is 10.1. The SMILES string of the molecule is Cc1cc(-c2cc(CS(C)(=O)=O)cc(Oc3ccc(F)cc3F)n2)cn(C)c1=O. The van der Waals surface area contributed by atoms with E-state index in [-0.39, 0.29) is 22.9 Å². The van der Waals surface area contributed by atoms with E-state index in [4.69, 9.17) is 4.74 Å². The summed E-state index contributed by atoms with van der Waals surface area (Å²) in [5.74, 6) is -2.26. The van der Waals surface area contributed by atoms with Gasteiger partial charge < -0.3 is 9.30 Å². The molecule has 0 saturated heterocycles.